The van der Waals surface area contributed by atoms with E-state index in [1.807, 2.05) is 6.92 Å². The minimum Gasteiger partial charge on any atom is -0.494 e. The molecular weight excluding hydrogens is 156 g/mol. The summed E-state index contributed by atoms with van der Waals surface area (Å²) >= 11 is 0. The van der Waals surface area contributed by atoms with Gasteiger partial charge in [-0.15, -0.1) is 0 Å². The Bertz CT molecular complexity index is 258. The lowest BCUT2D eigenvalue weighted by Gasteiger charge is -2.03. The summed E-state index contributed by atoms with van der Waals surface area (Å²) in [5, 5.41) is 0. The normalized spacial score (nSPS) is 9.08. The fourth-order valence-electron chi connectivity index (χ4n) is 0.860. The molecule has 1 aromatic carbocycles. The molecule has 0 amide bonds. The van der Waals surface area contributed by atoms with E-state index in [1.165, 1.54) is 0 Å². The number of rotatable bonds is 4. The third-order valence-corrected chi connectivity index (χ3v) is 1.30. The smallest absolute Gasteiger partial charge is 0.298 e. The molecule has 0 heterocycles. The fourth-order valence-corrected chi connectivity index (χ4v) is 0.860. The Hall–Kier alpha value is -1.51. The van der Waals surface area contributed by atoms with Crippen molar-refractivity contribution in [2.75, 3.05) is 6.61 Å². The van der Waals surface area contributed by atoms with Crippen molar-refractivity contribution in [1.29, 1.82) is 0 Å². The standard InChI is InChI=1S/C9H10O3/c1-2-11-8-4-3-5-9(6-8)12-7-10/h3-7H,2H2,1H3. The second kappa shape index (κ2) is 4.38. The zero-order valence-electron chi connectivity index (χ0n) is 6.82. The Morgan fingerprint density at radius 3 is 2.83 bits per heavy atom. The molecule has 1 rings (SSSR count). The summed E-state index contributed by atoms with van der Waals surface area (Å²) in [6.07, 6.45) is 0. The molecule has 1 aromatic rings. The first-order valence-electron chi connectivity index (χ1n) is 3.70. The molecule has 0 atom stereocenters. The van der Waals surface area contributed by atoms with E-state index in [0.717, 1.165) is 0 Å². The molecule has 64 valence electrons. The van der Waals surface area contributed by atoms with Gasteiger partial charge in [0.25, 0.3) is 6.47 Å². The van der Waals surface area contributed by atoms with E-state index in [1.54, 1.807) is 24.3 Å². The Morgan fingerprint density at radius 1 is 1.42 bits per heavy atom. The Morgan fingerprint density at radius 2 is 2.17 bits per heavy atom. The van der Waals surface area contributed by atoms with Crippen molar-refractivity contribution in [3.05, 3.63) is 24.3 Å². The fraction of sp³-hybridized carbons (Fsp3) is 0.222. The van der Waals surface area contributed by atoms with Crippen LogP contribution in [0.2, 0.25) is 0 Å². The van der Waals surface area contributed by atoms with E-state index in [-0.39, 0.29) is 0 Å². The average molecular weight is 166 g/mol. The van der Waals surface area contributed by atoms with Crippen LogP contribution in [0.15, 0.2) is 24.3 Å². The summed E-state index contributed by atoms with van der Waals surface area (Å²) in [6.45, 7) is 2.89. The summed E-state index contributed by atoms with van der Waals surface area (Å²) in [4.78, 5) is 9.98. The first kappa shape index (κ1) is 8.59. The minimum absolute atomic E-state index is 0.394. The summed E-state index contributed by atoms with van der Waals surface area (Å²) < 4.78 is 9.83. The van der Waals surface area contributed by atoms with Gasteiger partial charge in [-0.2, -0.15) is 0 Å². The lowest BCUT2D eigenvalue weighted by atomic mass is 10.3. The number of carbonyl (C=O) groups is 1. The number of hydrogen-bond acceptors (Lipinski definition) is 3. The Balaban J connectivity index is 2.73. The molecule has 12 heavy (non-hydrogen) atoms. The van der Waals surface area contributed by atoms with Crippen LogP contribution < -0.4 is 9.47 Å². The maximum absolute atomic E-state index is 9.98. The van der Waals surface area contributed by atoms with Crippen LogP contribution in [0.5, 0.6) is 11.5 Å². The molecule has 0 N–H and O–H groups in total. The van der Waals surface area contributed by atoms with E-state index in [0.29, 0.717) is 24.6 Å². The van der Waals surface area contributed by atoms with Gasteiger partial charge in [0.05, 0.1) is 6.61 Å². The molecular formula is C9H10O3. The van der Waals surface area contributed by atoms with E-state index in [2.05, 4.69) is 4.74 Å². The zero-order chi connectivity index (χ0) is 8.81. The van der Waals surface area contributed by atoms with E-state index >= 15 is 0 Å². The van der Waals surface area contributed by atoms with Gasteiger partial charge >= 0.3 is 0 Å². The van der Waals surface area contributed by atoms with Crippen LogP contribution >= 0.6 is 0 Å². The molecule has 3 nitrogen and oxygen atoms in total. The number of carbonyl (C=O) groups excluding carboxylic acids is 1. The SMILES string of the molecule is CCOc1cccc(OC=O)c1. The van der Waals surface area contributed by atoms with E-state index in [4.69, 9.17) is 4.74 Å². The molecule has 0 aliphatic carbocycles. The lowest BCUT2D eigenvalue weighted by Crippen LogP contribution is -1.92. The van der Waals surface area contributed by atoms with Crippen molar-refractivity contribution in [2.45, 2.75) is 6.92 Å². The van der Waals surface area contributed by atoms with Gasteiger partial charge in [-0.3, -0.25) is 4.79 Å². The van der Waals surface area contributed by atoms with Crippen molar-refractivity contribution < 1.29 is 14.3 Å². The van der Waals surface area contributed by atoms with Crippen LogP contribution in [0.3, 0.4) is 0 Å². The zero-order valence-corrected chi connectivity index (χ0v) is 6.82. The highest BCUT2D eigenvalue weighted by Crippen LogP contribution is 2.18. The lowest BCUT2D eigenvalue weighted by molar-refractivity contribution is -0.120. The molecule has 3 heteroatoms. The summed E-state index contributed by atoms with van der Waals surface area (Å²) in [6, 6.07) is 6.93. The Labute approximate surface area is 70.9 Å². The van der Waals surface area contributed by atoms with E-state index in [9.17, 15) is 4.79 Å². The highest BCUT2D eigenvalue weighted by molar-refractivity contribution is 5.46. The van der Waals surface area contributed by atoms with Gasteiger partial charge in [-0.1, -0.05) is 6.07 Å². The molecule has 0 aromatic heterocycles. The van der Waals surface area contributed by atoms with Gasteiger partial charge in [0.2, 0.25) is 0 Å². The highest BCUT2D eigenvalue weighted by Gasteiger charge is 1.95. The first-order chi connectivity index (χ1) is 5.86. The molecule has 0 aliphatic heterocycles. The molecule has 0 saturated carbocycles. The first-order valence-corrected chi connectivity index (χ1v) is 3.70. The van der Waals surface area contributed by atoms with Crippen LogP contribution in [0.1, 0.15) is 6.92 Å². The van der Waals surface area contributed by atoms with Crippen LogP contribution in [0.25, 0.3) is 0 Å². The summed E-state index contributed by atoms with van der Waals surface area (Å²) in [5.41, 5.74) is 0. The average Bonchev–Trinajstić information content (AvgIpc) is 2.06. The van der Waals surface area contributed by atoms with Crippen molar-refractivity contribution in [2.24, 2.45) is 0 Å². The maximum atomic E-state index is 9.98. The van der Waals surface area contributed by atoms with Crippen molar-refractivity contribution in [1.82, 2.24) is 0 Å². The van der Waals surface area contributed by atoms with Gasteiger partial charge in [0, 0.05) is 6.07 Å². The third kappa shape index (κ3) is 2.27. The van der Waals surface area contributed by atoms with Crippen LogP contribution in [0.4, 0.5) is 0 Å². The summed E-state index contributed by atoms with van der Waals surface area (Å²) in [7, 11) is 0. The molecule has 0 radical (unpaired) electrons. The second-order valence-electron chi connectivity index (χ2n) is 2.12. The van der Waals surface area contributed by atoms with Crippen LogP contribution in [-0.2, 0) is 4.79 Å². The maximum Gasteiger partial charge on any atom is 0.298 e. The number of ether oxygens (including phenoxy) is 2. The summed E-state index contributed by atoms with van der Waals surface area (Å²) in [5.74, 6) is 1.20. The second-order valence-corrected chi connectivity index (χ2v) is 2.12. The number of hydrogen-bond donors (Lipinski definition) is 0. The molecule has 0 spiro atoms. The van der Waals surface area contributed by atoms with Crippen molar-refractivity contribution in [3.8, 4) is 11.5 Å². The predicted octanol–water partition coefficient (Wildman–Crippen LogP) is 1.62. The van der Waals surface area contributed by atoms with Gasteiger partial charge in [-0.25, -0.2) is 0 Å². The van der Waals surface area contributed by atoms with Gasteiger partial charge in [-0.05, 0) is 19.1 Å². The van der Waals surface area contributed by atoms with Gasteiger partial charge in [0.1, 0.15) is 11.5 Å². The van der Waals surface area contributed by atoms with Gasteiger partial charge in [0.15, 0.2) is 0 Å². The molecule has 0 saturated heterocycles. The number of benzene rings is 1. The topological polar surface area (TPSA) is 35.5 Å². The Kier molecular flexibility index (Phi) is 3.14. The van der Waals surface area contributed by atoms with Crippen LogP contribution in [-0.4, -0.2) is 13.1 Å². The van der Waals surface area contributed by atoms with Gasteiger partial charge < -0.3 is 9.47 Å². The molecule has 0 unspecified atom stereocenters. The quantitative estimate of drug-likeness (QED) is 0.637. The molecule has 0 fully saturated rings. The largest absolute Gasteiger partial charge is 0.494 e. The van der Waals surface area contributed by atoms with Crippen molar-refractivity contribution >= 4 is 6.47 Å². The third-order valence-electron chi connectivity index (χ3n) is 1.30. The predicted molar refractivity (Wildman–Crippen MR) is 44.3 cm³/mol. The van der Waals surface area contributed by atoms with E-state index < -0.39 is 0 Å². The highest BCUT2D eigenvalue weighted by atomic mass is 16.5. The molecule has 0 bridgehead atoms. The van der Waals surface area contributed by atoms with Crippen LogP contribution in [0, 0.1) is 0 Å². The molecule has 0 aliphatic rings. The monoisotopic (exact) mass is 166 g/mol. The van der Waals surface area contributed by atoms with Crippen molar-refractivity contribution in [3.63, 3.8) is 0 Å². The minimum atomic E-state index is 0.394.